The minimum atomic E-state index is -0.272. The van der Waals surface area contributed by atoms with E-state index in [9.17, 15) is 4.79 Å². The van der Waals surface area contributed by atoms with Crippen LogP contribution in [0.3, 0.4) is 0 Å². The molecule has 1 aliphatic heterocycles. The molecule has 1 atom stereocenters. The van der Waals surface area contributed by atoms with Crippen LogP contribution in [0.2, 0.25) is 0 Å². The van der Waals surface area contributed by atoms with Crippen molar-refractivity contribution in [2.24, 2.45) is 0 Å². The minimum absolute atomic E-state index is 0.242. The van der Waals surface area contributed by atoms with Crippen LogP contribution in [0.5, 0.6) is 11.5 Å². The Morgan fingerprint density at radius 2 is 1.76 bits per heavy atom. The first-order valence-corrected chi connectivity index (χ1v) is 8.11. The van der Waals surface area contributed by atoms with Gasteiger partial charge in [-0.05, 0) is 23.8 Å². The molecule has 3 aromatic rings. The second kappa shape index (κ2) is 6.73. The lowest BCUT2D eigenvalue weighted by Crippen LogP contribution is -2.40. The number of ether oxygens (including phenoxy) is 2. The molecule has 0 spiro atoms. The molecule has 1 unspecified atom stereocenters. The van der Waals surface area contributed by atoms with Crippen molar-refractivity contribution in [1.29, 1.82) is 0 Å². The topological polar surface area (TPSA) is 60.7 Å². The molecule has 0 saturated heterocycles. The Balaban J connectivity index is 1.42. The molecule has 0 saturated carbocycles. The minimum Gasteiger partial charge on any atom is -0.486 e. The van der Waals surface area contributed by atoms with Gasteiger partial charge in [0.25, 0.3) is 5.91 Å². The zero-order chi connectivity index (χ0) is 17.1. The molecule has 0 bridgehead atoms. The van der Waals surface area contributed by atoms with Crippen molar-refractivity contribution in [3.05, 3.63) is 72.7 Å². The highest BCUT2D eigenvalue weighted by molar-refractivity contribution is 5.98. The number of benzene rings is 2. The Labute approximate surface area is 145 Å². The average molecular weight is 335 g/mol. The van der Waals surface area contributed by atoms with E-state index in [1.54, 1.807) is 6.07 Å². The number of amides is 1. The number of nitrogens with one attached hydrogen (secondary N) is 1. The summed E-state index contributed by atoms with van der Waals surface area (Å²) in [7, 11) is 0. The van der Waals surface area contributed by atoms with Gasteiger partial charge in [0, 0.05) is 5.56 Å². The molecule has 1 aliphatic rings. The summed E-state index contributed by atoms with van der Waals surface area (Å²) in [6, 6.07) is 19.0. The van der Waals surface area contributed by atoms with Gasteiger partial charge >= 0.3 is 0 Å². The van der Waals surface area contributed by atoms with E-state index in [-0.39, 0.29) is 12.0 Å². The Kier molecular flexibility index (Phi) is 4.12. The molecule has 2 aromatic carbocycles. The maximum absolute atomic E-state index is 12.5. The third-order valence-corrected chi connectivity index (χ3v) is 4.01. The number of para-hydroxylation sites is 2. The highest BCUT2D eigenvalue weighted by atomic mass is 16.6. The Morgan fingerprint density at radius 3 is 2.60 bits per heavy atom. The maximum atomic E-state index is 12.5. The SMILES string of the molecule is O=C(NCC1COc2ccccc2O1)c1occc1-c1ccccc1. The van der Waals surface area contributed by atoms with Gasteiger partial charge in [-0.1, -0.05) is 42.5 Å². The fourth-order valence-electron chi connectivity index (χ4n) is 2.78. The number of hydrogen-bond donors (Lipinski definition) is 1. The van der Waals surface area contributed by atoms with Crippen molar-refractivity contribution in [2.45, 2.75) is 6.10 Å². The van der Waals surface area contributed by atoms with Crippen molar-refractivity contribution >= 4 is 5.91 Å². The van der Waals surface area contributed by atoms with Gasteiger partial charge in [-0.3, -0.25) is 4.79 Å². The van der Waals surface area contributed by atoms with Crippen molar-refractivity contribution in [3.8, 4) is 22.6 Å². The number of carbonyl (C=O) groups is 1. The van der Waals surface area contributed by atoms with E-state index in [4.69, 9.17) is 13.9 Å². The standard InChI is InChI=1S/C20H17NO4/c22-20(19-16(10-11-23-19)14-6-2-1-3-7-14)21-12-15-13-24-17-8-4-5-9-18(17)25-15/h1-11,15H,12-13H2,(H,21,22). The summed E-state index contributed by atoms with van der Waals surface area (Å²) in [4.78, 5) is 12.5. The molecular weight excluding hydrogens is 318 g/mol. The molecule has 5 nitrogen and oxygen atoms in total. The van der Waals surface area contributed by atoms with Crippen LogP contribution in [0.4, 0.5) is 0 Å². The van der Waals surface area contributed by atoms with Gasteiger partial charge in [0.15, 0.2) is 17.3 Å². The van der Waals surface area contributed by atoms with Gasteiger partial charge in [-0.2, -0.15) is 0 Å². The molecule has 126 valence electrons. The number of fused-ring (bicyclic) bond motifs is 1. The quantitative estimate of drug-likeness (QED) is 0.792. The monoisotopic (exact) mass is 335 g/mol. The summed E-state index contributed by atoms with van der Waals surface area (Å²) < 4.78 is 16.9. The lowest BCUT2D eigenvalue weighted by molar-refractivity contribution is 0.0774. The number of rotatable bonds is 4. The number of furan rings is 1. The molecule has 0 fully saturated rings. The predicted octanol–water partition coefficient (Wildman–Crippen LogP) is 3.52. The van der Waals surface area contributed by atoms with Gasteiger partial charge in [0.05, 0.1) is 12.8 Å². The molecule has 0 aliphatic carbocycles. The lowest BCUT2D eigenvalue weighted by Gasteiger charge is -2.26. The highest BCUT2D eigenvalue weighted by Gasteiger charge is 2.23. The molecule has 2 heterocycles. The van der Waals surface area contributed by atoms with Crippen LogP contribution >= 0.6 is 0 Å². The van der Waals surface area contributed by atoms with Crippen LogP contribution < -0.4 is 14.8 Å². The average Bonchev–Trinajstić information content (AvgIpc) is 3.16. The Bertz CT molecular complexity index is 872. The first-order valence-electron chi connectivity index (χ1n) is 8.11. The molecular formula is C20H17NO4. The maximum Gasteiger partial charge on any atom is 0.287 e. The van der Waals surface area contributed by atoms with Gasteiger partial charge in [0.1, 0.15) is 12.7 Å². The van der Waals surface area contributed by atoms with Crippen LogP contribution in [0, 0.1) is 0 Å². The summed E-state index contributed by atoms with van der Waals surface area (Å²) in [6.45, 7) is 0.725. The summed E-state index contributed by atoms with van der Waals surface area (Å²) in [5, 5.41) is 2.86. The number of carbonyl (C=O) groups excluding carboxylic acids is 1. The van der Waals surface area contributed by atoms with E-state index < -0.39 is 0 Å². The van der Waals surface area contributed by atoms with E-state index in [1.165, 1.54) is 6.26 Å². The smallest absolute Gasteiger partial charge is 0.287 e. The van der Waals surface area contributed by atoms with Crippen molar-refractivity contribution in [2.75, 3.05) is 13.2 Å². The van der Waals surface area contributed by atoms with Crippen LogP contribution in [-0.2, 0) is 0 Å². The van der Waals surface area contributed by atoms with E-state index in [1.807, 2.05) is 54.6 Å². The lowest BCUT2D eigenvalue weighted by atomic mass is 10.1. The zero-order valence-electron chi connectivity index (χ0n) is 13.5. The molecule has 0 radical (unpaired) electrons. The van der Waals surface area contributed by atoms with Crippen LogP contribution in [0.25, 0.3) is 11.1 Å². The summed E-state index contributed by atoms with van der Waals surface area (Å²) in [5.41, 5.74) is 1.71. The normalized spacial score (nSPS) is 15.6. The predicted molar refractivity (Wildman–Crippen MR) is 92.8 cm³/mol. The highest BCUT2D eigenvalue weighted by Crippen LogP contribution is 2.30. The summed E-state index contributed by atoms with van der Waals surface area (Å²) >= 11 is 0. The van der Waals surface area contributed by atoms with Gasteiger partial charge < -0.3 is 19.2 Å². The van der Waals surface area contributed by atoms with Crippen LogP contribution in [0.15, 0.2) is 71.3 Å². The first-order chi connectivity index (χ1) is 12.3. The molecule has 4 rings (SSSR count). The fraction of sp³-hybridized carbons (Fsp3) is 0.150. The molecule has 25 heavy (non-hydrogen) atoms. The van der Waals surface area contributed by atoms with E-state index in [0.717, 1.165) is 16.9 Å². The second-order valence-electron chi connectivity index (χ2n) is 5.74. The molecule has 1 amide bonds. The van der Waals surface area contributed by atoms with Crippen molar-refractivity contribution in [3.63, 3.8) is 0 Å². The zero-order valence-corrected chi connectivity index (χ0v) is 13.5. The van der Waals surface area contributed by atoms with Gasteiger partial charge in [-0.25, -0.2) is 0 Å². The largest absolute Gasteiger partial charge is 0.486 e. The second-order valence-corrected chi connectivity index (χ2v) is 5.74. The van der Waals surface area contributed by atoms with Crippen LogP contribution in [0.1, 0.15) is 10.6 Å². The summed E-state index contributed by atoms with van der Waals surface area (Å²) in [5.74, 6) is 1.44. The first kappa shape index (κ1) is 15.3. The Morgan fingerprint density at radius 1 is 1.00 bits per heavy atom. The molecule has 1 aromatic heterocycles. The van der Waals surface area contributed by atoms with E-state index in [2.05, 4.69) is 5.32 Å². The third-order valence-electron chi connectivity index (χ3n) is 4.01. The van der Waals surface area contributed by atoms with Gasteiger partial charge in [0.2, 0.25) is 0 Å². The van der Waals surface area contributed by atoms with Crippen molar-refractivity contribution in [1.82, 2.24) is 5.32 Å². The summed E-state index contributed by atoms with van der Waals surface area (Å²) in [6.07, 6.45) is 1.28. The van der Waals surface area contributed by atoms with Crippen molar-refractivity contribution < 1.29 is 18.7 Å². The van der Waals surface area contributed by atoms with Crippen LogP contribution in [-0.4, -0.2) is 25.2 Å². The van der Waals surface area contributed by atoms with E-state index >= 15 is 0 Å². The molecule has 5 heteroatoms. The van der Waals surface area contributed by atoms with E-state index in [0.29, 0.717) is 24.7 Å². The third kappa shape index (κ3) is 3.21. The Hall–Kier alpha value is -3.21. The fourth-order valence-corrected chi connectivity index (χ4v) is 2.78. The van der Waals surface area contributed by atoms with Gasteiger partial charge in [-0.15, -0.1) is 0 Å². The molecule has 1 N–H and O–H groups in total. The number of hydrogen-bond acceptors (Lipinski definition) is 4.